The highest BCUT2D eigenvalue weighted by molar-refractivity contribution is 5.92. The number of fused-ring (bicyclic) bond motifs is 2. The van der Waals surface area contributed by atoms with Crippen molar-refractivity contribution < 1.29 is 31.9 Å². The quantitative estimate of drug-likeness (QED) is 0.654. The van der Waals surface area contributed by atoms with Crippen molar-refractivity contribution in [1.29, 1.82) is 0 Å². The van der Waals surface area contributed by atoms with Gasteiger partial charge in [-0.25, -0.2) is 14.4 Å². The summed E-state index contributed by atoms with van der Waals surface area (Å²) >= 11 is 0. The number of benzene rings is 1. The molecule has 154 valence electrons. The van der Waals surface area contributed by atoms with Crippen molar-refractivity contribution in [3.8, 4) is 0 Å². The lowest BCUT2D eigenvalue weighted by atomic mass is 10.0. The van der Waals surface area contributed by atoms with Crippen LogP contribution < -0.4 is 0 Å². The summed E-state index contributed by atoms with van der Waals surface area (Å²) in [6.45, 7) is 2.26. The first-order valence-electron chi connectivity index (χ1n) is 8.70. The predicted molar refractivity (Wildman–Crippen MR) is 91.3 cm³/mol. The third-order valence-electron chi connectivity index (χ3n) is 4.96. The Morgan fingerprint density at radius 1 is 1.34 bits per heavy atom. The first-order valence-corrected chi connectivity index (χ1v) is 8.70. The lowest BCUT2D eigenvalue weighted by Gasteiger charge is -2.35. The van der Waals surface area contributed by atoms with Crippen molar-refractivity contribution in [3.63, 3.8) is 0 Å². The number of rotatable bonds is 2. The Labute approximate surface area is 161 Å². The Balaban J connectivity index is 1.64. The van der Waals surface area contributed by atoms with Crippen LogP contribution in [0.15, 0.2) is 28.8 Å². The van der Waals surface area contributed by atoms with Crippen LogP contribution in [0.3, 0.4) is 0 Å². The van der Waals surface area contributed by atoms with Crippen molar-refractivity contribution in [2.24, 2.45) is 0 Å². The van der Waals surface area contributed by atoms with Gasteiger partial charge in [-0.15, -0.1) is 0 Å². The lowest BCUT2D eigenvalue weighted by molar-refractivity contribution is -0.263. The maximum atomic E-state index is 13.3. The first-order chi connectivity index (χ1) is 13.5. The maximum Gasteiger partial charge on any atom is 0.424 e. The van der Waals surface area contributed by atoms with E-state index in [1.807, 2.05) is 0 Å². The fourth-order valence-corrected chi connectivity index (χ4v) is 3.43. The normalized spacial score (nSPS) is 19.3. The minimum atomic E-state index is -4.91. The molecule has 1 N–H and O–H groups in total. The second-order valence-electron chi connectivity index (χ2n) is 7.18. The second-order valence-corrected chi connectivity index (χ2v) is 7.18. The van der Waals surface area contributed by atoms with Crippen LogP contribution in [0.5, 0.6) is 0 Å². The van der Waals surface area contributed by atoms with Gasteiger partial charge in [-0.05, 0) is 26.0 Å². The Bertz CT molecular complexity index is 1100. The molecule has 7 nitrogen and oxygen atoms in total. The van der Waals surface area contributed by atoms with Crippen LogP contribution in [0.2, 0.25) is 0 Å². The van der Waals surface area contributed by atoms with Gasteiger partial charge in [-0.3, -0.25) is 4.79 Å². The van der Waals surface area contributed by atoms with E-state index < -0.39 is 35.4 Å². The lowest BCUT2D eigenvalue weighted by Crippen LogP contribution is -2.45. The fourth-order valence-electron chi connectivity index (χ4n) is 3.43. The number of hydrogen-bond donors (Lipinski definition) is 1. The van der Waals surface area contributed by atoms with E-state index in [0.29, 0.717) is 18.1 Å². The third kappa shape index (κ3) is 3.05. The van der Waals surface area contributed by atoms with Gasteiger partial charge in [0.25, 0.3) is 5.89 Å². The minimum absolute atomic E-state index is 0.0444. The molecule has 1 aliphatic heterocycles. The molecule has 1 aromatic carbocycles. The van der Waals surface area contributed by atoms with Crippen LogP contribution in [0, 0.1) is 5.82 Å². The summed E-state index contributed by atoms with van der Waals surface area (Å²) in [5.74, 6) is -1.89. The molecule has 4 rings (SSSR count). The van der Waals surface area contributed by atoms with Gasteiger partial charge in [0, 0.05) is 12.6 Å². The summed E-state index contributed by atoms with van der Waals surface area (Å²) in [5.41, 5.74) is -2.37. The van der Waals surface area contributed by atoms with Gasteiger partial charge >= 0.3 is 12.1 Å². The van der Waals surface area contributed by atoms with Crippen molar-refractivity contribution in [2.45, 2.75) is 38.2 Å². The fraction of sp³-hybridized carbons (Fsp3) is 0.389. The highest BCUT2D eigenvalue weighted by Crippen LogP contribution is 2.40. The number of nitrogens with zero attached hydrogens (tertiary/aromatic N) is 4. The van der Waals surface area contributed by atoms with Crippen LogP contribution >= 0.6 is 0 Å². The van der Waals surface area contributed by atoms with Gasteiger partial charge in [-0.1, -0.05) is 0 Å². The summed E-state index contributed by atoms with van der Waals surface area (Å²) in [7, 11) is 0. The van der Waals surface area contributed by atoms with Crippen LogP contribution in [-0.2, 0) is 12.1 Å². The Kier molecular flexibility index (Phi) is 4.19. The molecule has 0 unspecified atom stereocenters. The number of halogens is 4. The number of carbonyl (C=O) groups excluding carboxylic acids is 1. The Morgan fingerprint density at radius 2 is 2.07 bits per heavy atom. The van der Waals surface area contributed by atoms with E-state index in [4.69, 9.17) is 4.42 Å². The average Bonchev–Trinajstić information content (AvgIpc) is 3.24. The number of aliphatic hydroxyl groups is 1. The summed E-state index contributed by atoms with van der Waals surface area (Å²) in [6, 6.07) is 3.09. The molecule has 3 heterocycles. The molecule has 1 aliphatic rings. The highest BCUT2D eigenvalue weighted by Gasteiger charge is 2.55. The summed E-state index contributed by atoms with van der Waals surface area (Å²) in [4.78, 5) is 22.0. The highest BCUT2D eigenvalue weighted by atomic mass is 19.4. The molecule has 0 saturated heterocycles. The molecular weight excluding hydrogens is 396 g/mol. The van der Waals surface area contributed by atoms with Crippen molar-refractivity contribution in [2.75, 3.05) is 6.54 Å². The van der Waals surface area contributed by atoms with Crippen molar-refractivity contribution in [1.82, 2.24) is 19.4 Å². The van der Waals surface area contributed by atoms with E-state index in [-0.39, 0.29) is 24.6 Å². The minimum Gasteiger partial charge on any atom is -0.432 e. The van der Waals surface area contributed by atoms with E-state index in [1.54, 1.807) is 6.92 Å². The summed E-state index contributed by atoms with van der Waals surface area (Å²) in [5, 5.41) is 10.00. The number of hydrogen-bond acceptors (Lipinski definition) is 5. The van der Waals surface area contributed by atoms with E-state index in [1.165, 1.54) is 27.8 Å². The summed E-state index contributed by atoms with van der Waals surface area (Å²) in [6.07, 6.45) is -3.71. The zero-order valence-electron chi connectivity index (χ0n) is 15.4. The van der Waals surface area contributed by atoms with E-state index in [0.717, 1.165) is 6.07 Å². The topological polar surface area (TPSA) is 84.4 Å². The monoisotopic (exact) mass is 412 g/mol. The zero-order chi connectivity index (χ0) is 21.1. The molecule has 0 fully saturated rings. The van der Waals surface area contributed by atoms with E-state index in [2.05, 4.69) is 9.97 Å². The zero-order valence-corrected chi connectivity index (χ0v) is 15.4. The van der Waals surface area contributed by atoms with Gasteiger partial charge in [0.1, 0.15) is 11.3 Å². The van der Waals surface area contributed by atoms with Gasteiger partial charge in [0.15, 0.2) is 11.4 Å². The molecule has 29 heavy (non-hydrogen) atoms. The van der Waals surface area contributed by atoms with E-state index in [9.17, 15) is 27.5 Å². The number of imidazole rings is 1. The van der Waals surface area contributed by atoms with Crippen LogP contribution in [-0.4, -0.2) is 43.2 Å². The van der Waals surface area contributed by atoms with Crippen LogP contribution in [0.4, 0.5) is 17.6 Å². The second kappa shape index (κ2) is 6.28. The number of aromatic nitrogens is 3. The van der Waals surface area contributed by atoms with Crippen LogP contribution in [0.1, 0.15) is 42.1 Å². The molecule has 0 bridgehead atoms. The molecule has 0 radical (unpaired) electrons. The molecular formula is C18H16F4N4O3. The Morgan fingerprint density at radius 3 is 2.76 bits per heavy atom. The molecule has 0 spiro atoms. The number of carbonyl (C=O) groups is 1. The van der Waals surface area contributed by atoms with E-state index >= 15 is 0 Å². The van der Waals surface area contributed by atoms with Gasteiger partial charge in [0.2, 0.25) is 5.60 Å². The van der Waals surface area contributed by atoms with Crippen LogP contribution in [0.25, 0.3) is 11.1 Å². The molecule has 1 amide bonds. The average molecular weight is 412 g/mol. The molecule has 3 aromatic rings. The number of amides is 1. The SMILES string of the molecule is C[C@H]1CN(C(=O)c2nc3ccc(F)cc3o2)Cc2cnc([C@@](C)(O)C(F)(F)F)n21. The first kappa shape index (κ1) is 19.4. The molecule has 0 saturated carbocycles. The smallest absolute Gasteiger partial charge is 0.424 e. The number of alkyl halides is 3. The standard InChI is InChI=1S/C18H16F4N4O3/c1-9-7-25(15(27)14-24-12-4-3-10(19)5-13(12)29-14)8-11-6-23-16(26(9)11)17(2,28)18(20,21)22/h3-6,9,28H,7-8H2,1-2H3/t9-,17+/m0/s1. The molecule has 2 atom stereocenters. The van der Waals surface area contributed by atoms with Gasteiger partial charge in [0.05, 0.1) is 24.5 Å². The van der Waals surface area contributed by atoms with Gasteiger partial charge < -0.3 is 19.0 Å². The van der Waals surface area contributed by atoms with Crippen molar-refractivity contribution >= 4 is 17.0 Å². The predicted octanol–water partition coefficient (Wildman–Crippen LogP) is 3.15. The Hall–Kier alpha value is -2.95. The largest absolute Gasteiger partial charge is 0.432 e. The number of oxazole rings is 1. The maximum absolute atomic E-state index is 13.3. The molecule has 2 aromatic heterocycles. The van der Waals surface area contributed by atoms with Gasteiger partial charge in [-0.2, -0.15) is 13.2 Å². The molecule has 11 heteroatoms. The third-order valence-corrected chi connectivity index (χ3v) is 4.96. The summed E-state index contributed by atoms with van der Waals surface area (Å²) < 4.78 is 59.6. The molecule has 0 aliphatic carbocycles. The van der Waals surface area contributed by atoms with Crippen molar-refractivity contribution in [3.05, 3.63) is 47.6 Å².